The second-order valence-electron chi connectivity index (χ2n) is 4.65. The van der Waals surface area contributed by atoms with Gasteiger partial charge in [0.15, 0.2) is 0 Å². The normalized spacial score (nSPS) is 14.9. The van der Waals surface area contributed by atoms with E-state index in [4.69, 9.17) is 5.73 Å². The van der Waals surface area contributed by atoms with Gasteiger partial charge in [-0.25, -0.2) is 0 Å². The van der Waals surface area contributed by atoms with E-state index in [-0.39, 0.29) is 6.04 Å². The zero-order valence-electron chi connectivity index (χ0n) is 11.5. The molecule has 17 heavy (non-hydrogen) atoms. The van der Waals surface area contributed by atoms with Gasteiger partial charge in [-0.3, -0.25) is 9.88 Å². The minimum Gasteiger partial charge on any atom is -0.326 e. The van der Waals surface area contributed by atoms with Crippen LogP contribution in [0.2, 0.25) is 0 Å². The average Bonchev–Trinajstić information content (AvgIpc) is 2.34. The number of aryl methyl sites for hydroxylation is 1. The van der Waals surface area contributed by atoms with Crippen LogP contribution < -0.4 is 5.73 Å². The van der Waals surface area contributed by atoms with Crippen LogP contribution in [0.5, 0.6) is 0 Å². The average molecular weight is 235 g/mol. The fourth-order valence-corrected chi connectivity index (χ4v) is 2.05. The van der Waals surface area contributed by atoms with Gasteiger partial charge in [0.1, 0.15) is 0 Å². The van der Waals surface area contributed by atoms with Crippen molar-refractivity contribution in [2.24, 2.45) is 5.73 Å². The van der Waals surface area contributed by atoms with Crippen molar-refractivity contribution in [3.8, 4) is 0 Å². The maximum atomic E-state index is 6.11. The van der Waals surface area contributed by atoms with Gasteiger partial charge in [-0.05, 0) is 38.9 Å². The summed E-state index contributed by atoms with van der Waals surface area (Å²) in [5, 5.41) is 0. The van der Waals surface area contributed by atoms with Gasteiger partial charge in [0, 0.05) is 24.3 Å². The summed E-state index contributed by atoms with van der Waals surface area (Å²) in [5.41, 5.74) is 8.32. The monoisotopic (exact) mass is 235 g/mol. The van der Waals surface area contributed by atoms with Crippen molar-refractivity contribution >= 4 is 0 Å². The van der Waals surface area contributed by atoms with Crippen molar-refractivity contribution in [2.75, 3.05) is 6.54 Å². The Hall–Kier alpha value is -0.930. The van der Waals surface area contributed by atoms with Crippen LogP contribution >= 0.6 is 0 Å². The van der Waals surface area contributed by atoms with Crippen molar-refractivity contribution < 1.29 is 0 Å². The topological polar surface area (TPSA) is 42.1 Å². The molecule has 0 amide bonds. The van der Waals surface area contributed by atoms with Crippen molar-refractivity contribution in [1.29, 1.82) is 0 Å². The van der Waals surface area contributed by atoms with Crippen molar-refractivity contribution in [3.05, 3.63) is 29.6 Å². The highest BCUT2D eigenvalue weighted by Gasteiger charge is 2.18. The number of pyridine rings is 1. The Bertz CT molecular complexity index is 338. The Balaban J connectivity index is 2.69. The van der Waals surface area contributed by atoms with Crippen LogP contribution in [0.4, 0.5) is 0 Å². The highest BCUT2D eigenvalue weighted by molar-refractivity contribution is 5.10. The molecule has 1 aromatic rings. The van der Waals surface area contributed by atoms with E-state index in [1.54, 1.807) is 0 Å². The number of likely N-dealkylation sites (N-methyl/N-ethyl adjacent to an activating group) is 1. The van der Waals surface area contributed by atoms with Crippen LogP contribution in [-0.4, -0.2) is 28.5 Å². The third-order valence-corrected chi connectivity index (χ3v) is 3.38. The van der Waals surface area contributed by atoms with Gasteiger partial charge in [-0.2, -0.15) is 0 Å². The van der Waals surface area contributed by atoms with E-state index in [1.165, 1.54) is 0 Å². The van der Waals surface area contributed by atoms with Gasteiger partial charge in [-0.1, -0.05) is 19.9 Å². The highest BCUT2D eigenvalue weighted by Crippen LogP contribution is 2.10. The summed E-state index contributed by atoms with van der Waals surface area (Å²) in [6, 6.07) is 6.81. The predicted octanol–water partition coefficient (Wildman–Crippen LogP) is 2.34. The minimum absolute atomic E-state index is 0.236. The third-order valence-electron chi connectivity index (χ3n) is 3.38. The molecule has 1 rings (SSSR count). The van der Waals surface area contributed by atoms with Gasteiger partial charge in [0.2, 0.25) is 0 Å². The number of hydrogen-bond donors (Lipinski definition) is 1. The fraction of sp³-hybridized carbons (Fsp3) is 0.643. The van der Waals surface area contributed by atoms with Gasteiger partial charge in [0.05, 0.1) is 5.69 Å². The maximum absolute atomic E-state index is 6.11. The van der Waals surface area contributed by atoms with Crippen LogP contribution in [0.1, 0.15) is 38.6 Å². The predicted molar refractivity (Wildman–Crippen MR) is 72.8 cm³/mol. The quantitative estimate of drug-likeness (QED) is 0.823. The summed E-state index contributed by atoms with van der Waals surface area (Å²) in [5.74, 6) is 0. The van der Waals surface area contributed by atoms with E-state index in [0.29, 0.717) is 6.04 Å². The Kier molecular flexibility index (Phi) is 5.59. The lowest BCUT2D eigenvalue weighted by Gasteiger charge is -2.31. The molecule has 96 valence electrons. The molecule has 1 heterocycles. The molecule has 3 nitrogen and oxygen atoms in total. The summed E-state index contributed by atoms with van der Waals surface area (Å²) < 4.78 is 0. The van der Waals surface area contributed by atoms with Crippen LogP contribution in [0.25, 0.3) is 0 Å². The number of nitrogens with two attached hydrogens (primary N) is 1. The molecule has 0 fully saturated rings. The first-order valence-electron chi connectivity index (χ1n) is 6.50. The van der Waals surface area contributed by atoms with Crippen molar-refractivity contribution in [2.45, 2.75) is 52.7 Å². The highest BCUT2D eigenvalue weighted by atomic mass is 15.2. The van der Waals surface area contributed by atoms with Gasteiger partial charge in [-0.15, -0.1) is 0 Å². The summed E-state index contributed by atoms with van der Waals surface area (Å²) in [7, 11) is 0. The Morgan fingerprint density at radius 3 is 2.59 bits per heavy atom. The molecule has 2 N–H and O–H groups in total. The summed E-state index contributed by atoms with van der Waals surface area (Å²) in [6.45, 7) is 10.4. The van der Waals surface area contributed by atoms with E-state index in [9.17, 15) is 0 Å². The van der Waals surface area contributed by atoms with Crippen molar-refractivity contribution in [3.63, 3.8) is 0 Å². The zero-order valence-corrected chi connectivity index (χ0v) is 11.5. The third kappa shape index (κ3) is 4.10. The molecular weight excluding hydrogens is 210 g/mol. The minimum atomic E-state index is 0.236. The summed E-state index contributed by atoms with van der Waals surface area (Å²) in [4.78, 5) is 6.93. The van der Waals surface area contributed by atoms with Gasteiger partial charge < -0.3 is 5.73 Å². The molecule has 0 spiro atoms. The second kappa shape index (κ2) is 6.72. The molecule has 0 aliphatic rings. The van der Waals surface area contributed by atoms with Crippen LogP contribution in [0.3, 0.4) is 0 Å². The number of hydrogen-bond acceptors (Lipinski definition) is 3. The molecule has 2 unspecified atom stereocenters. The summed E-state index contributed by atoms with van der Waals surface area (Å²) >= 11 is 0. The molecule has 1 aromatic heterocycles. The maximum Gasteiger partial charge on any atom is 0.0547 e. The van der Waals surface area contributed by atoms with Crippen LogP contribution in [-0.2, 0) is 6.54 Å². The van der Waals surface area contributed by atoms with Gasteiger partial charge >= 0.3 is 0 Å². The van der Waals surface area contributed by atoms with E-state index < -0.39 is 0 Å². The first-order chi connectivity index (χ1) is 8.08. The molecule has 0 saturated heterocycles. The molecule has 0 saturated carbocycles. The fourth-order valence-electron chi connectivity index (χ4n) is 2.05. The summed E-state index contributed by atoms with van der Waals surface area (Å²) in [6.07, 6.45) is 1.01. The van der Waals surface area contributed by atoms with E-state index in [2.05, 4.69) is 42.8 Å². The standard InChI is InChI=1S/C14H25N3/c1-5-14(15)12(4)17(6-2)10-13-9-7-8-11(3)16-13/h7-9,12,14H,5-6,10,15H2,1-4H3. The molecule has 0 aliphatic heterocycles. The van der Waals surface area contributed by atoms with E-state index in [0.717, 1.165) is 30.9 Å². The smallest absolute Gasteiger partial charge is 0.0547 e. The molecule has 0 bridgehead atoms. The zero-order chi connectivity index (χ0) is 12.8. The van der Waals surface area contributed by atoms with E-state index >= 15 is 0 Å². The molecule has 2 atom stereocenters. The molecule has 3 heteroatoms. The SMILES string of the molecule is CCC(N)C(C)N(CC)Cc1cccc(C)n1. The Morgan fingerprint density at radius 1 is 1.35 bits per heavy atom. The first kappa shape index (κ1) is 14.1. The largest absolute Gasteiger partial charge is 0.326 e. The molecular formula is C14H25N3. The van der Waals surface area contributed by atoms with Crippen molar-refractivity contribution in [1.82, 2.24) is 9.88 Å². The number of rotatable bonds is 6. The number of nitrogens with zero attached hydrogens (tertiary/aromatic N) is 2. The Labute approximate surface area is 105 Å². The van der Waals surface area contributed by atoms with E-state index in [1.807, 2.05) is 13.0 Å². The molecule has 0 radical (unpaired) electrons. The second-order valence-corrected chi connectivity index (χ2v) is 4.65. The van der Waals surface area contributed by atoms with Gasteiger partial charge in [0.25, 0.3) is 0 Å². The Morgan fingerprint density at radius 2 is 2.06 bits per heavy atom. The van der Waals surface area contributed by atoms with Crippen LogP contribution in [0, 0.1) is 6.92 Å². The number of aromatic nitrogens is 1. The lowest BCUT2D eigenvalue weighted by atomic mass is 10.1. The first-order valence-corrected chi connectivity index (χ1v) is 6.50. The van der Waals surface area contributed by atoms with Crippen LogP contribution in [0.15, 0.2) is 18.2 Å². The lowest BCUT2D eigenvalue weighted by Crippen LogP contribution is -2.45. The lowest BCUT2D eigenvalue weighted by molar-refractivity contribution is 0.180. The molecule has 0 aromatic carbocycles. The molecule has 0 aliphatic carbocycles.